The van der Waals surface area contributed by atoms with Gasteiger partial charge in [-0.3, -0.25) is 0 Å². The highest BCUT2D eigenvalue weighted by Crippen LogP contribution is 2.42. The van der Waals surface area contributed by atoms with Gasteiger partial charge in [0.2, 0.25) is 0 Å². The summed E-state index contributed by atoms with van der Waals surface area (Å²) in [4.78, 5) is 9.21. The molecule has 0 saturated heterocycles. The molecule has 0 aliphatic heterocycles. The molecule has 306 valence electrons. The van der Waals surface area contributed by atoms with Crippen LogP contribution in [0, 0.1) is 0 Å². The van der Waals surface area contributed by atoms with Crippen LogP contribution in [0.15, 0.2) is 279 Å². The Morgan fingerprint density at radius 2 is 0.250 bits per heavy atom. The number of benzene rings is 10. The van der Waals surface area contributed by atoms with Crippen LogP contribution in [-0.4, -0.2) is 0 Å². The zero-order valence-electron chi connectivity index (χ0n) is 35.3. The van der Waals surface area contributed by atoms with E-state index in [4.69, 9.17) is 0 Å². The summed E-state index contributed by atoms with van der Waals surface area (Å²) in [5, 5.41) is 0. The van der Waals surface area contributed by atoms with E-state index in [0.717, 1.165) is 79.4 Å². The molecule has 0 N–H and O–H groups in total. The van der Waals surface area contributed by atoms with E-state index in [1.54, 1.807) is 0 Å². The molecule has 0 aliphatic rings. The van der Waals surface area contributed by atoms with Crippen molar-refractivity contribution in [3.05, 3.63) is 279 Å². The SMILES string of the molecule is c1ccc(N(c2ccccc2)c2ccc(N(c3ccccc3)c3ccc(-c4ccc(N(c5ccccc5)c5ccc(N(c6ccccc6)c6ccccc6)cc5)cc4)cc3)cc2)cc1. The maximum Gasteiger partial charge on any atom is 0.0463 e. The lowest BCUT2D eigenvalue weighted by atomic mass is 10.0. The lowest BCUT2D eigenvalue weighted by molar-refractivity contribution is 1.25. The maximum absolute atomic E-state index is 2.31. The molecule has 0 radical (unpaired) electrons. The van der Waals surface area contributed by atoms with Gasteiger partial charge in [-0.05, 0) is 157 Å². The van der Waals surface area contributed by atoms with Crippen molar-refractivity contribution in [2.75, 3.05) is 19.6 Å². The van der Waals surface area contributed by atoms with Crippen molar-refractivity contribution >= 4 is 68.2 Å². The Bertz CT molecular complexity index is 2690. The first-order chi connectivity index (χ1) is 31.8. The predicted octanol–water partition coefficient (Wildman–Crippen LogP) is 17.2. The molecule has 10 rings (SSSR count). The summed E-state index contributed by atoms with van der Waals surface area (Å²) in [5.41, 5.74) is 15.4. The van der Waals surface area contributed by atoms with Gasteiger partial charge in [0.05, 0.1) is 0 Å². The van der Waals surface area contributed by atoms with Crippen molar-refractivity contribution in [2.45, 2.75) is 0 Å². The summed E-state index contributed by atoms with van der Waals surface area (Å²) in [7, 11) is 0. The molecule has 0 amide bonds. The topological polar surface area (TPSA) is 13.0 Å². The predicted molar refractivity (Wildman–Crippen MR) is 271 cm³/mol. The fourth-order valence-corrected chi connectivity index (χ4v) is 8.36. The van der Waals surface area contributed by atoms with Crippen LogP contribution in [0.2, 0.25) is 0 Å². The number of hydrogen-bond donors (Lipinski definition) is 0. The Morgan fingerprint density at radius 1 is 0.125 bits per heavy atom. The van der Waals surface area contributed by atoms with E-state index in [0.29, 0.717) is 0 Å². The monoisotopic (exact) mass is 822 g/mol. The average molecular weight is 823 g/mol. The summed E-state index contributed by atoms with van der Waals surface area (Å²) in [6.07, 6.45) is 0. The van der Waals surface area contributed by atoms with E-state index < -0.39 is 0 Å². The van der Waals surface area contributed by atoms with Crippen LogP contribution in [0.3, 0.4) is 0 Å². The molecule has 0 spiro atoms. The molecule has 0 aliphatic carbocycles. The normalized spacial score (nSPS) is 10.8. The highest BCUT2D eigenvalue weighted by Gasteiger charge is 2.18. The van der Waals surface area contributed by atoms with Crippen molar-refractivity contribution in [2.24, 2.45) is 0 Å². The molecule has 0 unspecified atom stereocenters. The van der Waals surface area contributed by atoms with Gasteiger partial charge in [0.15, 0.2) is 0 Å². The first kappa shape index (κ1) is 39.5. The minimum absolute atomic E-state index is 1.08. The van der Waals surface area contributed by atoms with Crippen molar-refractivity contribution < 1.29 is 0 Å². The molecule has 0 fully saturated rings. The Kier molecular flexibility index (Phi) is 11.5. The van der Waals surface area contributed by atoms with E-state index in [2.05, 4.69) is 299 Å². The van der Waals surface area contributed by atoms with Crippen LogP contribution in [0.1, 0.15) is 0 Å². The summed E-state index contributed by atoms with van der Waals surface area (Å²) in [6.45, 7) is 0. The van der Waals surface area contributed by atoms with Gasteiger partial charge in [0.25, 0.3) is 0 Å². The van der Waals surface area contributed by atoms with Gasteiger partial charge in [-0.25, -0.2) is 0 Å². The number of anilines is 12. The molecule has 0 bridgehead atoms. The Morgan fingerprint density at radius 3 is 0.406 bits per heavy atom. The standard InChI is InChI=1S/C60H46N4/c1-7-19-49(20-8-1)61(50-21-9-2-10-22-50)57-39-43-59(44-40-57)63(53-27-15-5-16-28-53)55-35-31-47(32-36-55)48-33-37-56(38-34-48)64(54-29-17-6-18-30-54)60-45-41-58(42-46-60)62(51-23-11-3-12-24-51)52-25-13-4-14-26-52/h1-46H. The van der Waals surface area contributed by atoms with Gasteiger partial charge < -0.3 is 19.6 Å². The molecule has 0 heterocycles. The lowest BCUT2D eigenvalue weighted by Gasteiger charge is -2.28. The third-order valence-corrected chi connectivity index (χ3v) is 11.4. The highest BCUT2D eigenvalue weighted by atomic mass is 15.2. The largest absolute Gasteiger partial charge is 0.311 e. The first-order valence-electron chi connectivity index (χ1n) is 21.7. The van der Waals surface area contributed by atoms with Crippen molar-refractivity contribution in [3.8, 4) is 11.1 Å². The number of nitrogens with zero attached hydrogens (tertiary/aromatic N) is 4. The zero-order valence-corrected chi connectivity index (χ0v) is 35.3. The summed E-state index contributed by atoms with van der Waals surface area (Å²) in [6, 6.07) is 98.7. The molecule has 10 aromatic carbocycles. The quantitative estimate of drug-likeness (QED) is 0.115. The minimum atomic E-state index is 1.08. The second kappa shape index (κ2) is 18.6. The van der Waals surface area contributed by atoms with Crippen LogP contribution in [0.4, 0.5) is 68.2 Å². The molecule has 0 saturated carbocycles. The summed E-state index contributed by atoms with van der Waals surface area (Å²) < 4.78 is 0. The third kappa shape index (κ3) is 8.49. The van der Waals surface area contributed by atoms with Crippen molar-refractivity contribution in [1.29, 1.82) is 0 Å². The highest BCUT2D eigenvalue weighted by molar-refractivity contribution is 5.84. The van der Waals surface area contributed by atoms with Crippen LogP contribution >= 0.6 is 0 Å². The third-order valence-electron chi connectivity index (χ3n) is 11.4. The Labute approximate surface area is 376 Å². The zero-order chi connectivity index (χ0) is 42.9. The van der Waals surface area contributed by atoms with Crippen LogP contribution < -0.4 is 19.6 Å². The Hall–Kier alpha value is -8.60. The molecular formula is C60H46N4. The second-order valence-corrected chi connectivity index (χ2v) is 15.5. The fourth-order valence-electron chi connectivity index (χ4n) is 8.36. The van der Waals surface area contributed by atoms with Gasteiger partial charge in [0.1, 0.15) is 0 Å². The van der Waals surface area contributed by atoms with E-state index in [9.17, 15) is 0 Å². The summed E-state index contributed by atoms with van der Waals surface area (Å²) >= 11 is 0. The van der Waals surface area contributed by atoms with Crippen LogP contribution in [-0.2, 0) is 0 Å². The van der Waals surface area contributed by atoms with Gasteiger partial charge in [-0.2, -0.15) is 0 Å². The van der Waals surface area contributed by atoms with Gasteiger partial charge in [0, 0.05) is 68.2 Å². The van der Waals surface area contributed by atoms with E-state index in [1.807, 2.05) is 0 Å². The Balaban J connectivity index is 0.932. The maximum atomic E-state index is 2.31. The smallest absolute Gasteiger partial charge is 0.0463 e. The minimum Gasteiger partial charge on any atom is -0.311 e. The van der Waals surface area contributed by atoms with E-state index in [-0.39, 0.29) is 0 Å². The van der Waals surface area contributed by atoms with Crippen molar-refractivity contribution in [1.82, 2.24) is 0 Å². The molecule has 64 heavy (non-hydrogen) atoms. The van der Waals surface area contributed by atoms with E-state index >= 15 is 0 Å². The molecule has 10 aromatic rings. The fraction of sp³-hybridized carbons (Fsp3) is 0. The number of hydrogen-bond acceptors (Lipinski definition) is 4. The van der Waals surface area contributed by atoms with Gasteiger partial charge in [-0.15, -0.1) is 0 Å². The molecule has 4 heteroatoms. The second-order valence-electron chi connectivity index (χ2n) is 15.5. The van der Waals surface area contributed by atoms with Crippen molar-refractivity contribution in [3.63, 3.8) is 0 Å². The lowest BCUT2D eigenvalue weighted by Crippen LogP contribution is -2.12. The summed E-state index contributed by atoms with van der Waals surface area (Å²) in [5.74, 6) is 0. The molecule has 4 nitrogen and oxygen atoms in total. The number of rotatable bonds is 13. The number of para-hydroxylation sites is 6. The van der Waals surface area contributed by atoms with Crippen LogP contribution in [0.25, 0.3) is 11.1 Å². The average Bonchev–Trinajstić information content (AvgIpc) is 3.38. The van der Waals surface area contributed by atoms with Crippen LogP contribution in [0.5, 0.6) is 0 Å². The van der Waals surface area contributed by atoms with Gasteiger partial charge >= 0.3 is 0 Å². The molecular weight excluding hydrogens is 777 g/mol. The molecule has 0 aromatic heterocycles. The van der Waals surface area contributed by atoms with Gasteiger partial charge in [-0.1, -0.05) is 133 Å². The first-order valence-corrected chi connectivity index (χ1v) is 21.7. The molecule has 0 atom stereocenters. The van der Waals surface area contributed by atoms with E-state index in [1.165, 1.54) is 0 Å².